The van der Waals surface area contributed by atoms with Gasteiger partial charge in [-0.1, -0.05) is 47.5 Å². The van der Waals surface area contributed by atoms with E-state index in [2.05, 4.69) is 9.97 Å². The van der Waals surface area contributed by atoms with Crippen molar-refractivity contribution in [2.75, 3.05) is 13.2 Å². The first kappa shape index (κ1) is 14.8. The molecule has 0 saturated carbocycles. The largest absolute Gasteiger partial charge is 0.381 e. The summed E-state index contributed by atoms with van der Waals surface area (Å²) in [6.07, 6.45) is 1.83. The van der Waals surface area contributed by atoms with Crippen molar-refractivity contribution in [2.24, 2.45) is 0 Å². The number of aromatic nitrogens is 2. The van der Waals surface area contributed by atoms with Gasteiger partial charge in [0.25, 0.3) is 0 Å². The zero-order valence-corrected chi connectivity index (χ0v) is 13.3. The summed E-state index contributed by atoms with van der Waals surface area (Å²) < 4.78 is 5.37. The van der Waals surface area contributed by atoms with Gasteiger partial charge < -0.3 is 4.74 Å². The molecule has 3 nitrogen and oxygen atoms in total. The lowest BCUT2D eigenvalue weighted by Crippen LogP contribution is -2.16. The molecule has 1 aromatic heterocycles. The predicted octanol–water partition coefficient (Wildman–Crippen LogP) is 4.65. The van der Waals surface area contributed by atoms with Crippen LogP contribution in [0.15, 0.2) is 24.3 Å². The molecule has 2 aromatic rings. The Labute approximate surface area is 134 Å². The summed E-state index contributed by atoms with van der Waals surface area (Å²) in [4.78, 5) is 8.98. The highest BCUT2D eigenvalue weighted by atomic mass is 35.5. The molecule has 1 fully saturated rings. The topological polar surface area (TPSA) is 35.0 Å². The highest BCUT2D eigenvalue weighted by Crippen LogP contribution is 2.36. The molecule has 0 atom stereocenters. The van der Waals surface area contributed by atoms with Crippen molar-refractivity contribution in [1.82, 2.24) is 9.97 Å². The average molecular weight is 323 g/mol. The van der Waals surface area contributed by atoms with Crippen molar-refractivity contribution in [2.45, 2.75) is 25.7 Å². The van der Waals surface area contributed by atoms with Gasteiger partial charge in [-0.2, -0.15) is 0 Å². The van der Waals surface area contributed by atoms with Crippen molar-refractivity contribution in [1.29, 1.82) is 0 Å². The third-order valence-electron chi connectivity index (χ3n) is 3.84. The number of nitrogens with zero attached hydrogens (tertiary/aromatic N) is 2. The fraction of sp³-hybridized carbons (Fsp3) is 0.375. The van der Waals surface area contributed by atoms with Crippen LogP contribution in [0.2, 0.25) is 10.3 Å². The zero-order chi connectivity index (χ0) is 14.8. The van der Waals surface area contributed by atoms with E-state index < -0.39 is 0 Å². The lowest BCUT2D eigenvalue weighted by atomic mass is 9.99. The van der Waals surface area contributed by atoms with Crippen LogP contribution in [-0.2, 0) is 4.74 Å². The van der Waals surface area contributed by atoms with Crippen molar-refractivity contribution in [3.05, 3.63) is 46.0 Å². The van der Waals surface area contributed by atoms with Crippen LogP contribution in [0.1, 0.15) is 30.1 Å². The van der Waals surface area contributed by atoms with Crippen molar-refractivity contribution >= 4 is 23.2 Å². The Morgan fingerprint density at radius 2 is 1.67 bits per heavy atom. The molecule has 0 N–H and O–H groups in total. The fourth-order valence-corrected chi connectivity index (χ4v) is 3.24. The standard InChI is InChI=1S/C16H16Cl2N2O/c1-10-4-2-3-5-12(10)13-14(17)19-16(20-15(13)18)11-6-8-21-9-7-11/h2-5,11H,6-9H2,1H3. The van der Waals surface area contributed by atoms with Gasteiger partial charge in [-0.05, 0) is 30.9 Å². The maximum Gasteiger partial charge on any atom is 0.142 e. The second-order valence-electron chi connectivity index (χ2n) is 5.24. The Morgan fingerprint density at radius 1 is 1.05 bits per heavy atom. The smallest absolute Gasteiger partial charge is 0.142 e. The minimum atomic E-state index is 0.277. The molecule has 5 heteroatoms. The molecule has 110 valence electrons. The fourth-order valence-electron chi connectivity index (χ4n) is 2.64. The number of ether oxygens (including phenoxy) is 1. The summed E-state index contributed by atoms with van der Waals surface area (Å²) in [5, 5.41) is 0.844. The second kappa shape index (κ2) is 6.30. The molecule has 0 bridgehead atoms. The summed E-state index contributed by atoms with van der Waals surface area (Å²) >= 11 is 12.8. The maximum absolute atomic E-state index is 6.39. The van der Waals surface area contributed by atoms with Crippen LogP contribution < -0.4 is 0 Å². The monoisotopic (exact) mass is 322 g/mol. The average Bonchev–Trinajstić information content (AvgIpc) is 2.49. The first-order chi connectivity index (χ1) is 10.2. The summed E-state index contributed by atoms with van der Waals surface area (Å²) in [6.45, 7) is 3.50. The van der Waals surface area contributed by atoms with Crippen LogP contribution in [0.3, 0.4) is 0 Å². The van der Waals surface area contributed by atoms with E-state index in [1.807, 2.05) is 31.2 Å². The van der Waals surface area contributed by atoms with Crippen LogP contribution in [0.4, 0.5) is 0 Å². The van der Waals surface area contributed by atoms with E-state index in [1.54, 1.807) is 0 Å². The van der Waals surface area contributed by atoms with Gasteiger partial charge in [-0.15, -0.1) is 0 Å². The van der Waals surface area contributed by atoms with Crippen LogP contribution in [0.25, 0.3) is 11.1 Å². The molecule has 1 aliphatic rings. The summed E-state index contributed by atoms with van der Waals surface area (Å²) in [5.41, 5.74) is 2.79. The van der Waals surface area contributed by atoms with Gasteiger partial charge in [0.05, 0.1) is 5.56 Å². The van der Waals surface area contributed by atoms with Crippen LogP contribution in [0, 0.1) is 6.92 Å². The molecule has 1 saturated heterocycles. The Bertz CT molecular complexity index is 631. The lowest BCUT2D eigenvalue weighted by Gasteiger charge is -2.21. The molecule has 0 unspecified atom stereocenters. The quantitative estimate of drug-likeness (QED) is 0.755. The normalized spacial score (nSPS) is 16.1. The number of benzene rings is 1. The van der Waals surface area contributed by atoms with E-state index in [0.717, 1.165) is 43.0 Å². The molecule has 1 aliphatic heterocycles. The van der Waals surface area contributed by atoms with E-state index in [-0.39, 0.29) is 5.92 Å². The molecule has 21 heavy (non-hydrogen) atoms. The van der Waals surface area contributed by atoms with E-state index in [0.29, 0.717) is 15.9 Å². The SMILES string of the molecule is Cc1ccccc1-c1c(Cl)nc(C2CCOCC2)nc1Cl. The third kappa shape index (κ3) is 3.05. The zero-order valence-electron chi connectivity index (χ0n) is 11.8. The molecular formula is C16H16Cl2N2O. The van der Waals surface area contributed by atoms with E-state index >= 15 is 0 Å². The van der Waals surface area contributed by atoms with Gasteiger partial charge in [0, 0.05) is 19.1 Å². The Balaban J connectivity index is 2.02. The van der Waals surface area contributed by atoms with Crippen LogP contribution in [0.5, 0.6) is 0 Å². The van der Waals surface area contributed by atoms with E-state index in [4.69, 9.17) is 27.9 Å². The van der Waals surface area contributed by atoms with Gasteiger partial charge in [0.1, 0.15) is 16.1 Å². The Morgan fingerprint density at radius 3 is 2.29 bits per heavy atom. The number of hydrogen-bond acceptors (Lipinski definition) is 3. The molecular weight excluding hydrogens is 307 g/mol. The number of hydrogen-bond donors (Lipinski definition) is 0. The minimum Gasteiger partial charge on any atom is -0.381 e. The van der Waals surface area contributed by atoms with E-state index in [1.165, 1.54) is 0 Å². The molecule has 3 rings (SSSR count). The highest BCUT2D eigenvalue weighted by molar-refractivity contribution is 6.37. The first-order valence-electron chi connectivity index (χ1n) is 7.03. The van der Waals surface area contributed by atoms with Gasteiger partial charge in [0.2, 0.25) is 0 Å². The van der Waals surface area contributed by atoms with Gasteiger partial charge >= 0.3 is 0 Å². The Hall–Kier alpha value is -1.16. The molecule has 0 aliphatic carbocycles. The van der Waals surface area contributed by atoms with Crippen molar-refractivity contribution in [3.8, 4) is 11.1 Å². The predicted molar refractivity (Wildman–Crippen MR) is 85.0 cm³/mol. The second-order valence-corrected chi connectivity index (χ2v) is 5.96. The Kier molecular flexibility index (Phi) is 4.43. The van der Waals surface area contributed by atoms with Crippen molar-refractivity contribution in [3.63, 3.8) is 0 Å². The summed E-state index contributed by atoms with van der Waals surface area (Å²) in [7, 11) is 0. The van der Waals surface area contributed by atoms with Gasteiger partial charge in [-0.3, -0.25) is 0 Å². The van der Waals surface area contributed by atoms with Crippen molar-refractivity contribution < 1.29 is 4.74 Å². The minimum absolute atomic E-state index is 0.277. The first-order valence-corrected chi connectivity index (χ1v) is 7.79. The summed E-state index contributed by atoms with van der Waals surface area (Å²) in [5.74, 6) is 1.00. The lowest BCUT2D eigenvalue weighted by molar-refractivity contribution is 0.0836. The number of rotatable bonds is 2. The molecule has 0 radical (unpaired) electrons. The van der Waals surface area contributed by atoms with Gasteiger partial charge in [0.15, 0.2) is 0 Å². The number of aryl methyl sites for hydroxylation is 1. The molecule has 0 amide bonds. The summed E-state index contributed by atoms with van der Waals surface area (Å²) in [6, 6.07) is 7.95. The van der Waals surface area contributed by atoms with Gasteiger partial charge in [-0.25, -0.2) is 9.97 Å². The highest BCUT2D eigenvalue weighted by Gasteiger charge is 2.22. The maximum atomic E-state index is 6.39. The van der Waals surface area contributed by atoms with Crippen LogP contribution in [-0.4, -0.2) is 23.2 Å². The molecule has 0 spiro atoms. The van der Waals surface area contributed by atoms with E-state index in [9.17, 15) is 0 Å². The van der Waals surface area contributed by atoms with Crippen LogP contribution >= 0.6 is 23.2 Å². The number of halogens is 2. The third-order valence-corrected chi connectivity index (χ3v) is 4.39. The molecule has 1 aromatic carbocycles. The molecule has 2 heterocycles.